The number of ether oxygens (including phenoxy) is 2. The maximum Gasteiger partial charge on any atom is 0.387 e. The Bertz CT molecular complexity index is 794. The molecule has 0 aliphatic carbocycles. The van der Waals surface area contributed by atoms with Crippen molar-refractivity contribution in [3.05, 3.63) is 64.6 Å². The molecule has 2 aromatic carbocycles. The molecule has 0 bridgehead atoms. The summed E-state index contributed by atoms with van der Waals surface area (Å²) in [4.78, 5) is 23.3. The van der Waals surface area contributed by atoms with E-state index in [9.17, 15) is 18.4 Å². The number of hydrogen-bond donors (Lipinski definition) is 1. The summed E-state index contributed by atoms with van der Waals surface area (Å²) in [6.45, 7) is -3.39. The molecule has 1 N–H and O–H groups in total. The number of halogens is 3. The standard InChI is InChI=1S/C18H14BrF2NO4/c19-13-3-1-2-12(10-13)4-9-17(24)25-11-16(23)22-14-5-7-15(8-6-14)26-18(20)21/h1-10,18H,11H2,(H,22,23). The fourth-order valence-electron chi connectivity index (χ4n) is 1.88. The van der Waals surface area contributed by atoms with Crippen molar-refractivity contribution in [3.8, 4) is 5.75 Å². The van der Waals surface area contributed by atoms with E-state index in [0.717, 1.165) is 10.0 Å². The summed E-state index contributed by atoms with van der Waals surface area (Å²) in [7, 11) is 0. The summed E-state index contributed by atoms with van der Waals surface area (Å²) < 4.78 is 34.0. The molecule has 0 saturated heterocycles. The Kier molecular flexibility index (Phi) is 7.28. The lowest BCUT2D eigenvalue weighted by atomic mass is 10.2. The first-order valence-corrected chi connectivity index (χ1v) is 8.17. The van der Waals surface area contributed by atoms with Crippen LogP contribution >= 0.6 is 15.9 Å². The van der Waals surface area contributed by atoms with E-state index in [0.29, 0.717) is 5.69 Å². The molecule has 1 amide bonds. The maximum absolute atomic E-state index is 12.0. The van der Waals surface area contributed by atoms with Crippen LogP contribution in [0.25, 0.3) is 6.08 Å². The van der Waals surface area contributed by atoms with E-state index in [1.54, 1.807) is 6.08 Å². The van der Waals surface area contributed by atoms with Gasteiger partial charge in [-0.15, -0.1) is 0 Å². The number of hydrogen-bond acceptors (Lipinski definition) is 4. The summed E-state index contributed by atoms with van der Waals surface area (Å²) in [5, 5.41) is 2.47. The Hall–Kier alpha value is -2.74. The predicted octanol–water partition coefficient (Wildman–Crippen LogP) is 4.25. The number of benzene rings is 2. The van der Waals surface area contributed by atoms with Crippen molar-refractivity contribution < 1.29 is 27.8 Å². The number of carbonyl (C=O) groups excluding carboxylic acids is 2. The van der Waals surface area contributed by atoms with Crippen LogP contribution in [0.15, 0.2) is 59.1 Å². The lowest BCUT2D eigenvalue weighted by Crippen LogP contribution is -2.20. The molecule has 8 heteroatoms. The topological polar surface area (TPSA) is 64.6 Å². The number of amides is 1. The van der Waals surface area contributed by atoms with Gasteiger partial charge in [0.25, 0.3) is 5.91 Å². The zero-order chi connectivity index (χ0) is 18.9. The molecule has 0 spiro atoms. The molecule has 0 radical (unpaired) electrons. The molecule has 2 aromatic rings. The molecular formula is C18H14BrF2NO4. The Morgan fingerprint density at radius 2 is 1.88 bits per heavy atom. The minimum atomic E-state index is -2.92. The second kappa shape index (κ2) is 9.67. The Morgan fingerprint density at radius 3 is 2.54 bits per heavy atom. The Balaban J connectivity index is 1.78. The highest BCUT2D eigenvalue weighted by molar-refractivity contribution is 9.10. The highest BCUT2D eigenvalue weighted by atomic mass is 79.9. The van der Waals surface area contributed by atoms with E-state index in [-0.39, 0.29) is 5.75 Å². The number of anilines is 1. The van der Waals surface area contributed by atoms with Crippen LogP contribution in [-0.4, -0.2) is 25.1 Å². The van der Waals surface area contributed by atoms with Crippen molar-refractivity contribution in [2.24, 2.45) is 0 Å². The minimum Gasteiger partial charge on any atom is -0.452 e. The van der Waals surface area contributed by atoms with Crippen LogP contribution in [-0.2, 0) is 14.3 Å². The summed E-state index contributed by atoms with van der Waals surface area (Å²) in [6.07, 6.45) is 2.78. The molecule has 0 saturated carbocycles. The van der Waals surface area contributed by atoms with Crippen LogP contribution in [0.3, 0.4) is 0 Å². The van der Waals surface area contributed by atoms with Gasteiger partial charge in [0.15, 0.2) is 6.61 Å². The number of esters is 1. The molecule has 0 atom stereocenters. The van der Waals surface area contributed by atoms with Gasteiger partial charge in [-0.1, -0.05) is 28.1 Å². The number of alkyl halides is 2. The van der Waals surface area contributed by atoms with Crippen molar-refractivity contribution in [3.63, 3.8) is 0 Å². The van der Waals surface area contributed by atoms with Gasteiger partial charge in [-0.3, -0.25) is 4.79 Å². The maximum atomic E-state index is 12.0. The molecule has 0 heterocycles. The Morgan fingerprint density at radius 1 is 1.15 bits per heavy atom. The van der Waals surface area contributed by atoms with Crippen LogP contribution in [0.4, 0.5) is 14.5 Å². The largest absolute Gasteiger partial charge is 0.452 e. The summed E-state index contributed by atoms with van der Waals surface area (Å²) >= 11 is 3.32. The SMILES string of the molecule is O=C(COC(=O)C=Cc1cccc(Br)c1)Nc1ccc(OC(F)F)cc1. The van der Waals surface area contributed by atoms with Gasteiger partial charge < -0.3 is 14.8 Å². The van der Waals surface area contributed by atoms with Crippen molar-refractivity contribution >= 4 is 39.6 Å². The fourth-order valence-corrected chi connectivity index (χ4v) is 2.29. The zero-order valence-corrected chi connectivity index (χ0v) is 14.9. The van der Waals surface area contributed by atoms with Crippen LogP contribution in [0.1, 0.15) is 5.56 Å². The summed E-state index contributed by atoms with van der Waals surface area (Å²) in [5.74, 6) is -1.25. The number of nitrogens with one attached hydrogen (secondary N) is 1. The van der Waals surface area contributed by atoms with E-state index in [4.69, 9.17) is 4.74 Å². The average molecular weight is 426 g/mol. The molecule has 5 nitrogen and oxygen atoms in total. The van der Waals surface area contributed by atoms with E-state index < -0.39 is 25.1 Å². The molecule has 0 aliphatic rings. The van der Waals surface area contributed by atoms with E-state index >= 15 is 0 Å². The molecule has 0 unspecified atom stereocenters. The van der Waals surface area contributed by atoms with Gasteiger partial charge >= 0.3 is 12.6 Å². The van der Waals surface area contributed by atoms with Crippen LogP contribution in [0.5, 0.6) is 5.75 Å². The Labute approximate surface area is 156 Å². The predicted molar refractivity (Wildman–Crippen MR) is 95.8 cm³/mol. The van der Waals surface area contributed by atoms with Gasteiger partial charge in [0.2, 0.25) is 0 Å². The minimum absolute atomic E-state index is 0.0258. The highest BCUT2D eigenvalue weighted by Gasteiger charge is 2.07. The first-order chi connectivity index (χ1) is 12.4. The molecular weight excluding hydrogens is 412 g/mol. The third-order valence-electron chi connectivity index (χ3n) is 2.97. The van der Waals surface area contributed by atoms with E-state index in [1.165, 1.54) is 30.3 Å². The zero-order valence-electron chi connectivity index (χ0n) is 13.3. The van der Waals surface area contributed by atoms with Crippen molar-refractivity contribution in [2.45, 2.75) is 6.61 Å². The van der Waals surface area contributed by atoms with Gasteiger partial charge in [-0.2, -0.15) is 8.78 Å². The van der Waals surface area contributed by atoms with Crippen LogP contribution < -0.4 is 10.1 Å². The molecule has 136 valence electrons. The molecule has 0 fully saturated rings. The number of carbonyl (C=O) groups is 2. The first kappa shape index (κ1) is 19.6. The molecule has 2 rings (SSSR count). The van der Waals surface area contributed by atoms with E-state index in [2.05, 4.69) is 26.0 Å². The lowest BCUT2D eigenvalue weighted by Gasteiger charge is -2.07. The van der Waals surface area contributed by atoms with Gasteiger partial charge in [0, 0.05) is 16.2 Å². The van der Waals surface area contributed by atoms with Gasteiger partial charge in [0.05, 0.1) is 0 Å². The summed E-state index contributed by atoms with van der Waals surface area (Å²) in [6, 6.07) is 12.7. The monoisotopic (exact) mass is 425 g/mol. The van der Waals surface area contributed by atoms with Crippen LogP contribution in [0, 0.1) is 0 Å². The normalized spacial score (nSPS) is 10.8. The van der Waals surface area contributed by atoms with Gasteiger partial charge in [0.1, 0.15) is 5.75 Å². The number of rotatable bonds is 7. The fraction of sp³-hybridized carbons (Fsp3) is 0.111. The molecule has 0 aliphatic heterocycles. The molecule has 26 heavy (non-hydrogen) atoms. The highest BCUT2D eigenvalue weighted by Crippen LogP contribution is 2.17. The van der Waals surface area contributed by atoms with Crippen molar-refractivity contribution in [1.82, 2.24) is 0 Å². The van der Waals surface area contributed by atoms with Crippen LogP contribution in [0.2, 0.25) is 0 Å². The summed E-state index contributed by atoms with van der Waals surface area (Å²) in [5.41, 5.74) is 1.16. The third-order valence-corrected chi connectivity index (χ3v) is 3.46. The smallest absolute Gasteiger partial charge is 0.387 e. The van der Waals surface area contributed by atoms with Gasteiger partial charge in [-0.25, -0.2) is 4.79 Å². The average Bonchev–Trinajstić information content (AvgIpc) is 2.59. The first-order valence-electron chi connectivity index (χ1n) is 7.37. The lowest BCUT2D eigenvalue weighted by molar-refractivity contribution is -0.142. The third kappa shape index (κ3) is 7.02. The second-order valence-corrected chi connectivity index (χ2v) is 5.86. The van der Waals surface area contributed by atoms with E-state index in [1.807, 2.05) is 24.3 Å². The quantitative estimate of drug-likeness (QED) is 0.532. The van der Waals surface area contributed by atoms with Crippen molar-refractivity contribution in [2.75, 3.05) is 11.9 Å². The molecule has 0 aromatic heterocycles. The van der Waals surface area contributed by atoms with Gasteiger partial charge in [-0.05, 0) is 48.0 Å². The second-order valence-electron chi connectivity index (χ2n) is 4.95. The van der Waals surface area contributed by atoms with Crippen molar-refractivity contribution in [1.29, 1.82) is 0 Å².